The van der Waals surface area contributed by atoms with E-state index in [0.29, 0.717) is 11.4 Å². The summed E-state index contributed by atoms with van der Waals surface area (Å²) in [5.41, 5.74) is 0.753. The quantitative estimate of drug-likeness (QED) is 0.668. The Bertz CT molecular complexity index is 702. The van der Waals surface area contributed by atoms with Crippen LogP contribution in [0, 0.1) is 27.2 Å². The maximum atomic E-state index is 10.9. The van der Waals surface area contributed by atoms with Crippen LogP contribution in [0.5, 0.6) is 0 Å². The minimum absolute atomic E-state index is 0.0173. The third kappa shape index (κ3) is 3.30. The number of nitrogens with zero attached hydrogens (tertiary/aromatic N) is 3. The van der Waals surface area contributed by atoms with Crippen molar-refractivity contribution >= 4 is 17.2 Å². The van der Waals surface area contributed by atoms with Gasteiger partial charge in [-0.3, -0.25) is 20.2 Å². The zero-order valence-electron chi connectivity index (χ0n) is 11.1. The molecule has 8 heteroatoms. The summed E-state index contributed by atoms with van der Waals surface area (Å²) in [5.74, 6) is 0.427. The Morgan fingerprint density at radius 3 is 2.33 bits per heavy atom. The molecule has 0 aliphatic rings. The fraction of sp³-hybridized carbons (Fsp3) is 0.154. The number of hydrogen-bond donors (Lipinski definition) is 1. The summed E-state index contributed by atoms with van der Waals surface area (Å²) in [6, 6.07) is 9.19. The van der Waals surface area contributed by atoms with Gasteiger partial charge in [-0.1, -0.05) is 18.2 Å². The molecule has 1 N–H and O–H groups in total. The fourth-order valence-electron chi connectivity index (χ4n) is 1.87. The number of nitrogens with one attached hydrogen (secondary N) is 1. The molecule has 0 saturated heterocycles. The second kappa shape index (κ2) is 5.95. The van der Waals surface area contributed by atoms with E-state index in [1.54, 1.807) is 18.2 Å². The lowest BCUT2D eigenvalue weighted by Gasteiger charge is -2.07. The van der Waals surface area contributed by atoms with Gasteiger partial charge in [0, 0.05) is 24.2 Å². The summed E-state index contributed by atoms with van der Waals surface area (Å²) in [4.78, 5) is 24.7. The number of rotatable bonds is 5. The van der Waals surface area contributed by atoms with Crippen molar-refractivity contribution in [2.45, 2.75) is 13.5 Å². The SMILES string of the molecule is Cc1nc(NCc2ccccc2[N+](=O)[O-])ccc1[N+](=O)[O-]. The van der Waals surface area contributed by atoms with E-state index >= 15 is 0 Å². The minimum atomic E-state index is -0.506. The monoisotopic (exact) mass is 288 g/mol. The molecule has 0 atom stereocenters. The number of hydrogen-bond acceptors (Lipinski definition) is 6. The summed E-state index contributed by atoms with van der Waals surface area (Å²) < 4.78 is 0. The summed E-state index contributed by atoms with van der Waals surface area (Å²) in [5, 5.41) is 24.5. The predicted octanol–water partition coefficient (Wildman–Crippen LogP) is 2.82. The molecule has 0 fully saturated rings. The molecule has 0 unspecified atom stereocenters. The zero-order chi connectivity index (χ0) is 15.4. The molecule has 1 heterocycles. The van der Waals surface area contributed by atoms with E-state index in [1.807, 2.05) is 0 Å². The molecule has 0 radical (unpaired) electrons. The Hall–Kier alpha value is -3.03. The number of pyridine rings is 1. The average Bonchev–Trinajstić information content (AvgIpc) is 2.45. The standard InChI is InChI=1S/C13H12N4O4/c1-9-11(16(18)19)6-7-13(15-9)14-8-10-4-2-3-5-12(10)17(20)21/h2-7H,8H2,1H3,(H,14,15). The van der Waals surface area contributed by atoms with Gasteiger partial charge in [0.15, 0.2) is 0 Å². The van der Waals surface area contributed by atoms with E-state index in [1.165, 1.54) is 25.1 Å². The molecule has 0 spiro atoms. The number of nitro benzene ring substituents is 1. The number of aromatic nitrogens is 1. The van der Waals surface area contributed by atoms with Gasteiger partial charge in [0.2, 0.25) is 0 Å². The van der Waals surface area contributed by atoms with Crippen molar-refractivity contribution in [1.29, 1.82) is 0 Å². The Labute approximate surface area is 119 Å². The summed E-state index contributed by atoms with van der Waals surface area (Å²) in [6.45, 7) is 1.75. The lowest BCUT2D eigenvalue weighted by atomic mass is 10.2. The number of anilines is 1. The Balaban J connectivity index is 2.16. The summed E-state index contributed by atoms with van der Waals surface area (Å²) >= 11 is 0. The largest absolute Gasteiger partial charge is 0.366 e. The minimum Gasteiger partial charge on any atom is -0.366 e. The summed E-state index contributed by atoms with van der Waals surface area (Å²) in [6.07, 6.45) is 0. The Kier molecular flexibility index (Phi) is 4.07. The van der Waals surface area contributed by atoms with Crippen molar-refractivity contribution in [2.75, 3.05) is 5.32 Å². The van der Waals surface area contributed by atoms with E-state index < -0.39 is 9.85 Å². The molecule has 2 aromatic rings. The van der Waals surface area contributed by atoms with Gasteiger partial charge in [-0.25, -0.2) is 4.98 Å². The van der Waals surface area contributed by atoms with Crippen molar-refractivity contribution in [3.05, 3.63) is 67.9 Å². The van der Waals surface area contributed by atoms with E-state index in [4.69, 9.17) is 0 Å². The molecule has 21 heavy (non-hydrogen) atoms. The fourth-order valence-corrected chi connectivity index (χ4v) is 1.87. The van der Waals surface area contributed by atoms with Gasteiger partial charge in [0.25, 0.3) is 11.4 Å². The highest BCUT2D eigenvalue weighted by Crippen LogP contribution is 2.21. The molecule has 0 bridgehead atoms. The van der Waals surface area contributed by atoms with Crippen LogP contribution in [0.15, 0.2) is 36.4 Å². The first kappa shape index (κ1) is 14.4. The van der Waals surface area contributed by atoms with Crippen LogP contribution >= 0.6 is 0 Å². The van der Waals surface area contributed by atoms with Gasteiger partial charge in [-0.2, -0.15) is 0 Å². The zero-order valence-corrected chi connectivity index (χ0v) is 11.1. The van der Waals surface area contributed by atoms with Crippen LogP contribution in [0.4, 0.5) is 17.2 Å². The Morgan fingerprint density at radius 2 is 1.71 bits per heavy atom. The third-order valence-electron chi connectivity index (χ3n) is 2.90. The predicted molar refractivity (Wildman–Crippen MR) is 76.1 cm³/mol. The number of nitro groups is 2. The van der Waals surface area contributed by atoms with E-state index in [-0.39, 0.29) is 23.6 Å². The first-order chi connectivity index (χ1) is 9.99. The van der Waals surface area contributed by atoms with E-state index in [2.05, 4.69) is 10.3 Å². The third-order valence-corrected chi connectivity index (χ3v) is 2.90. The van der Waals surface area contributed by atoms with Gasteiger partial charge in [-0.05, 0) is 13.0 Å². The molecule has 1 aromatic carbocycles. The molecular formula is C13H12N4O4. The van der Waals surface area contributed by atoms with Gasteiger partial charge in [0.05, 0.1) is 9.85 Å². The molecule has 8 nitrogen and oxygen atoms in total. The van der Waals surface area contributed by atoms with Crippen LogP contribution in [-0.4, -0.2) is 14.8 Å². The maximum absolute atomic E-state index is 10.9. The molecule has 0 aliphatic heterocycles. The topological polar surface area (TPSA) is 111 Å². The van der Waals surface area contributed by atoms with Crippen molar-refractivity contribution in [3.63, 3.8) is 0 Å². The van der Waals surface area contributed by atoms with Crippen LogP contribution in [0.2, 0.25) is 0 Å². The van der Waals surface area contributed by atoms with E-state index in [0.717, 1.165) is 0 Å². The highest BCUT2D eigenvalue weighted by molar-refractivity contribution is 5.47. The van der Waals surface area contributed by atoms with Crippen molar-refractivity contribution in [2.24, 2.45) is 0 Å². The molecule has 108 valence electrons. The lowest BCUT2D eigenvalue weighted by molar-refractivity contribution is -0.385. The number of para-hydroxylation sites is 1. The van der Waals surface area contributed by atoms with Crippen LogP contribution in [0.1, 0.15) is 11.3 Å². The summed E-state index contributed by atoms with van der Waals surface area (Å²) in [7, 11) is 0. The Morgan fingerprint density at radius 1 is 1.05 bits per heavy atom. The normalized spacial score (nSPS) is 10.1. The van der Waals surface area contributed by atoms with Crippen molar-refractivity contribution < 1.29 is 9.85 Å². The van der Waals surface area contributed by atoms with Crippen molar-refractivity contribution in [1.82, 2.24) is 4.98 Å². The van der Waals surface area contributed by atoms with Gasteiger partial charge in [0.1, 0.15) is 11.5 Å². The molecular weight excluding hydrogens is 276 g/mol. The number of aryl methyl sites for hydroxylation is 1. The van der Waals surface area contributed by atoms with E-state index in [9.17, 15) is 20.2 Å². The average molecular weight is 288 g/mol. The van der Waals surface area contributed by atoms with Crippen LogP contribution in [-0.2, 0) is 6.54 Å². The smallest absolute Gasteiger partial charge is 0.290 e. The lowest BCUT2D eigenvalue weighted by Crippen LogP contribution is -2.05. The molecule has 0 aliphatic carbocycles. The second-order valence-electron chi connectivity index (χ2n) is 4.30. The second-order valence-corrected chi connectivity index (χ2v) is 4.30. The van der Waals surface area contributed by atoms with Crippen LogP contribution in [0.25, 0.3) is 0 Å². The first-order valence-electron chi connectivity index (χ1n) is 6.07. The molecule has 0 saturated carbocycles. The van der Waals surface area contributed by atoms with Gasteiger partial charge in [-0.15, -0.1) is 0 Å². The highest BCUT2D eigenvalue weighted by atomic mass is 16.6. The van der Waals surface area contributed by atoms with Crippen LogP contribution < -0.4 is 5.32 Å². The highest BCUT2D eigenvalue weighted by Gasteiger charge is 2.14. The van der Waals surface area contributed by atoms with Crippen LogP contribution in [0.3, 0.4) is 0 Å². The molecule has 2 rings (SSSR count). The number of benzene rings is 1. The maximum Gasteiger partial charge on any atom is 0.290 e. The van der Waals surface area contributed by atoms with Gasteiger partial charge < -0.3 is 5.32 Å². The van der Waals surface area contributed by atoms with Gasteiger partial charge >= 0.3 is 0 Å². The molecule has 1 aromatic heterocycles. The molecule has 0 amide bonds. The first-order valence-corrected chi connectivity index (χ1v) is 6.07. The van der Waals surface area contributed by atoms with Crippen molar-refractivity contribution in [3.8, 4) is 0 Å².